The van der Waals surface area contributed by atoms with Crippen LogP contribution in [0.5, 0.6) is 0 Å². The third-order valence-electron chi connectivity index (χ3n) is 10.5. The molecular weight excluding hydrogens is 913 g/mol. The second-order valence-corrected chi connectivity index (χ2v) is 17.2. The Morgan fingerprint density at radius 3 is 1.50 bits per heavy atom. The number of halogens is 6. The molecule has 17 heteroatoms. The zero-order valence-electron chi connectivity index (χ0n) is 33.7. The number of carboxylic acid groups (broad SMARTS) is 1. The maximum Gasteiger partial charge on any atom is 0.339 e. The summed E-state index contributed by atoms with van der Waals surface area (Å²) in [5.74, 6) is -0.941. The number of H-pyrrole nitrogens is 2. The Hall–Kier alpha value is -4.46. The number of amides is 1. The van der Waals surface area contributed by atoms with Crippen LogP contribution < -0.4 is 15.1 Å². The number of aromatic nitrogens is 4. The minimum atomic E-state index is -0.927. The van der Waals surface area contributed by atoms with E-state index in [-0.39, 0.29) is 31.0 Å². The van der Waals surface area contributed by atoms with Crippen molar-refractivity contribution in [3.8, 4) is 0 Å². The van der Waals surface area contributed by atoms with Crippen LogP contribution in [0.1, 0.15) is 74.1 Å². The summed E-state index contributed by atoms with van der Waals surface area (Å²) in [6, 6.07) is 27.0. The van der Waals surface area contributed by atoms with Gasteiger partial charge in [-0.3, -0.25) is 15.0 Å². The fourth-order valence-electron chi connectivity index (χ4n) is 7.52. The number of rotatable bonds is 6. The van der Waals surface area contributed by atoms with Gasteiger partial charge in [-0.2, -0.15) is 10.2 Å². The van der Waals surface area contributed by atoms with Crippen LogP contribution in [0.2, 0.25) is 30.1 Å². The van der Waals surface area contributed by atoms with Crippen molar-refractivity contribution in [3.63, 3.8) is 0 Å². The first kappa shape index (κ1) is 48.6. The zero-order valence-corrected chi connectivity index (χ0v) is 38.3. The standard InChI is InChI=1S/C22H21Cl3N4O.C16H15Cl3N2.C6H8N2O2.CH4/c1-13-21(14(2)27-26-13)22(30)28-9-10-29(19-8-7-17(24)11-18(19)25)20(12-28)15-3-5-16(23)6-4-15;17-12-3-1-11(2-4-12)16-10-20-7-8-21(16)15-6-5-13(18)9-14(15)19;1-3-5(6(9)10)4(2)8-7-3;/h3-8,11,20H,9-10,12H2,1-2H3,(H,26,27);1-6,9,16,20H,7-8,10H2;1-2H3,(H,7,8)(H,9,10);1H4. The highest BCUT2D eigenvalue weighted by Crippen LogP contribution is 2.38. The highest BCUT2D eigenvalue weighted by atomic mass is 35.5. The lowest BCUT2D eigenvalue weighted by Crippen LogP contribution is -2.51. The molecule has 11 nitrogen and oxygen atoms in total. The summed E-state index contributed by atoms with van der Waals surface area (Å²) in [5.41, 5.74) is 7.73. The van der Waals surface area contributed by atoms with Crippen molar-refractivity contribution in [3.05, 3.63) is 160 Å². The number of piperazine rings is 2. The Morgan fingerprint density at radius 1 is 0.613 bits per heavy atom. The third-order valence-corrected chi connectivity index (χ3v) is 12.1. The second-order valence-electron chi connectivity index (χ2n) is 14.6. The van der Waals surface area contributed by atoms with Crippen molar-refractivity contribution in [2.24, 2.45) is 0 Å². The van der Waals surface area contributed by atoms with Crippen molar-refractivity contribution in [2.45, 2.75) is 47.2 Å². The number of carboxylic acids is 1. The number of anilines is 2. The monoisotopic (exact) mass is 958 g/mol. The maximum atomic E-state index is 13.3. The van der Waals surface area contributed by atoms with Gasteiger partial charge >= 0.3 is 5.97 Å². The molecule has 6 aromatic rings. The Balaban J connectivity index is 0.000000196. The minimum Gasteiger partial charge on any atom is -0.478 e. The van der Waals surface area contributed by atoms with E-state index in [2.05, 4.69) is 47.6 Å². The van der Waals surface area contributed by atoms with Crippen molar-refractivity contribution in [1.29, 1.82) is 0 Å². The number of aromatic carboxylic acids is 1. The molecule has 0 aliphatic carbocycles. The maximum absolute atomic E-state index is 13.3. The topological polar surface area (TPSA) is 133 Å². The van der Waals surface area contributed by atoms with Crippen LogP contribution in [0.25, 0.3) is 0 Å². The van der Waals surface area contributed by atoms with Crippen LogP contribution in [0.15, 0.2) is 84.9 Å². The number of nitrogens with zero attached hydrogens (tertiary/aromatic N) is 5. The molecule has 328 valence electrons. The molecule has 2 aliphatic heterocycles. The molecule has 62 heavy (non-hydrogen) atoms. The minimum absolute atomic E-state index is 0. The predicted molar refractivity (Wildman–Crippen MR) is 255 cm³/mol. The van der Waals surface area contributed by atoms with Crippen molar-refractivity contribution in [2.75, 3.05) is 49.1 Å². The first-order valence-corrected chi connectivity index (χ1v) is 21.6. The van der Waals surface area contributed by atoms with Gasteiger partial charge in [-0.15, -0.1) is 0 Å². The van der Waals surface area contributed by atoms with Gasteiger partial charge in [0, 0.05) is 70.7 Å². The molecule has 0 spiro atoms. The van der Waals surface area contributed by atoms with Crippen LogP contribution in [-0.4, -0.2) is 81.5 Å². The van der Waals surface area contributed by atoms with Crippen molar-refractivity contribution >= 4 is 92.9 Å². The van der Waals surface area contributed by atoms with Gasteiger partial charge in [0.05, 0.1) is 50.5 Å². The van der Waals surface area contributed by atoms with E-state index in [0.717, 1.165) is 47.3 Å². The van der Waals surface area contributed by atoms with E-state index in [0.29, 0.717) is 67.4 Å². The SMILES string of the molecule is C.Cc1n[nH]c(C)c1C(=O)N1CCN(c2ccc(Cl)cc2Cl)C(c2ccc(Cl)cc2)C1.Cc1n[nH]c(C)c1C(=O)O.Clc1ccc(C2CNCCN2c2ccc(Cl)cc2Cl)cc1. The molecule has 0 bridgehead atoms. The van der Waals surface area contributed by atoms with Crippen molar-refractivity contribution in [1.82, 2.24) is 30.6 Å². The van der Waals surface area contributed by atoms with Gasteiger partial charge in [-0.05, 0) is 99.5 Å². The zero-order chi connectivity index (χ0) is 44.0. The normalized spacial score (nSPS) is 16.1. The quantitative estimate of drug-likeness (QED) is 0.130. The number of aromatic amines is 2. The van der Waals surface area contributed by atoms with Crippen LogP contribution in [-0.2, 0) is 0 Å². The number of carbonyl (C=O) groups is 2. The van der Waals surface area contributed by atoms with Crippen LogP contribution in [0.4, 0.5) is 11.4 Å². The molecule has 2 aliphatic rings. The van der Waals surface area contributed by atoms with E-state index in [1.165, 1.54) is 5.56 Å². The first-order valence-electron chi connectivity index (χ1n) is 19.3. The summed E-state index contributed by atoms with van der Waals surface area (Å²) < 4.78 is 0. The van der Waals surface area contributed by atoms with Gasteiger partial charge in [0.2, 0.25) is 0 Å². The summed E-state index contributed by atoms with van der Waals surface area (Å²) in [6.07, 6.45) is 0. The summed E-state index contributed by atoms with van der Waals surface area (Å²) in [7, 11) is 0. The number of aryl methyl sites for hydroxylation is 4. The van der Waals surface area contributed by atoms with Gasteiger partial charge in [0.1, 0.15) is 5.56 Å². The number of nitrogens with one attached hydrogen (secondary N) is 3. The van der Waals surface area contributed by atoms with E-state index in [4.69, 9.17) is 74.7 Å². The highest BCUT2D eigenvalue weighted by molar-refractivity contribution is 6.37. The molecule has 8 rings (SSSR count). The molecule has 2 aromatic heterocycles. The predicted octanol–water partition coefficient (Wildman–Crippen LogP) is 11.8. The van der Waals surface area contributed by atoms with E-state index >= 15 is 0 Å². The number of hydrogen-bond acceptors (Lipinski definition) is 7. The van der Waals surface area contributed by atoms with Gasteiger partial charge in [0.25, 0.3) is 5.91 Å². The van der Waals surface area contributed by atoms with Gasteiger partial charge < -0.3 is 25.1 Å². The second kappa shape index (κ2) is 21.8. The molecule has 0 saturated carbocycles. The molecule has 1 amide bonds. The fraction of sp³-hybridized carbons (Fsp3) is 0.289. The number of benzene rings is 4. The highest BCUT2D eigenvalue weighted by Gasteiger charge is 2.34. The molecule has 4 heterocycles. The van der Waals surface area contributed by atoms with E-state index in [1.807, 2.05) is 79.4 Å². The lowest BCUT2D eigenvalue weighted by atomic mass is 10.0. The Kier molecular flexibility index (Phi) is 17.0. The molecule has 4 N–H and O–H groups in total. The molecular formula is C45H48Cl6N8O3. The average molecular weight is 962 g/mol. The van der Waals surface area contributed by atoms with Crippen LogP contribution >= 0.6 is 69.6 Å². The Bertz CT molecular complexity index is 2440. The van der Waals surface area contributed by atoms with Crippen molar-refractivity contribution < 1.29 is 14.7 Å². The summed E-state index contributed by atoms with van der Waals surface area (Å²) >= 11 is 37.1. The number of hydrogen-bond donors (Lipinski definition) is 4. The van der Waals surface area contributed by atoms with Gasteiger partial charge in [-0.25, -0.2) is 4.79 Å². The van der Waals surface area contributed by atoms with E-state index in [1.54, 1.807) is 26.0 Å². The summed E-state index contributed by atoms with van der Waals surface area (Å²) in [5, 5.41) is 29.3. The van der Waals surface area contributed by atoms with E-state index in [9.17, 15) is 9.59 Å². The molecule has 2 atom stereocenters. The molecule has 2 saturated heterocycles. The first-order chi connectivity index (χ1) is 29.1. The molecule has 2 fully saturated rings. The van der Waals surface area contributed by atoms with Crippen LogP contribution in [0, 0.1) is 27.7 Å². The summed E-state index contributed by atoms with van der Waals surface area (Å²) in [4.78, 5) is 30.1. The molecule has 2 unspecified atom stereocenters. The summed E-state index contributed by atoms with van der Waals surface area (Å²) in [6.45, 7) is 11.5. The lowest BCUT2D eigenvalue weighted by Gasteiger charge is -2.43. The van der Waals surface area contributed by atoms with Gasteiger partial charge in [-0.1, -0.05) is 101 Å². The smallest absolute Gasteiger partial charge is 0.339 e. The number of carbonyl (C=O) groups excluding carboxylic acids is 1. The fourth-order valence-corrected chi connectivity index (χ4v) is 8.81. The Labute approximate surface area is 392 Å². The third kappa shape index (κ3) is 11.6. The van der Waals surface area contributed by atoms with Gasteiger partial charge in [0.15, 0.2) is 0 Å². The largest absolute Gasteiger partial charge is 0.478 e. The van der Waals surface area contributed by atoms with E-state index < -0.39 is 5.97 Å². The van der Waals surface area contributed by atoms with Crippen LogP contribution in [0.3, 0.4) is 0 Å². The molecule has 0 radical (unpaired) electrons. The molecule has 4 aromatic carbocycles. The Morgan fingerprint density at radius 2 is 1.06 bits per heavy atom. The lowest BCUT2D eigenvalue weighted by molar-refractivity contribution is 0.0692. The average Bonchev–Trinajstić information content (AvgIpc) is 3.76.